The molecule has 0 aromatic carbocycles. The predicted octanol–water partition coefficient (Wildman–Crippen LogP) is 2.07. The highest BCUT2D eigenvalue weighted by Crippen LogP contribution is 2.30. The lowest BCUT2D eigenvalue weighted by Gasteiger charge is -2.39. The Morgan fingerprint density at radius 3 is 2.78 bits per heavy atom. The molecule has 1 aromatic heterocycles. The van der Waals surface area contributed by atoms with Crippen molar-refractivity contribution in [2.24, 2.45) is 0 Å². The maximum Gasteiger partial charge on any atom is 0.0772 e. The molecule has 3 nitrogen and oxygen atoms in total. The molecule has 0 spiro atoms. The van der Waals surface area contributed by atoms with Crippen LogP contribution in [0.1, 0.15) is 30.6 Å². The van der Waals surface area contributed by atoms with Crippen LogP contribution in [0.3, 0.4) is 0 Å². The summed E-state index contributed by atoms with van der Waals surface area (Å²) in [6, 6.07) is 4.92. The van der Waals surface area contributed by atoms with Gasteiger partial charge < -0.3 is 10.4 Å². The molecular weight excluding hydrogens is 244 g/mol. The number of nitrogens with zero attached hydrogens (tertiary/aromatic N) is 1. The van der Waals surface area contributed by atoms with Crippen molar-refractivity contribution in [3.63, 3.8) is 0 Å². The van der Waals surface area contributed by atoms with Crippen LogP contribution in [0.2, 0.25) is 0 Å². The van der Waals surface area contributed by atoms with Crippen LogP contribution in [-0.4, -0.2) is 42.3 Å². The number of thiophene rings is 1. The van der Waals surface area contributed by atoms with Crippen molar-refractivity contribution in [2.75, 3.05) is 20.6 Å². The molecule has 1 aliphatic rings. The average Bonchev–Trinajstić information content (AvgIpc) is 2.82. The Hall–Kier alpha value is -0.420. The number of nitrogens with one attached hydrogen (secondary N) is 1. The first-order valence-electron chi connectivity index (χ1n) is 6.72. The third kappa shape index (κ3) is 3.54. The summed E-state index contributed by atoms with van der Waals surface area (Å²) in [7, 11) is 4.11. The smallest absolute Gasteiger partial charge is 0.0772 e. The second-order valence-corrected chi connectivity index (χ2v) is 6.51. The van der Waals surface area contributed by atoms with E-state index in [1.165, 1.54) is 4.88 Å². The first-order valence-corrected chi connectivity index (χ1v) is 7.60. The molecule has 4 heteroatoms. The van der Waals surface area contributed by atoms with Crippen LogP contribution in [0.4, 0.5) is 0 Å². The fourth-order valence-corrected chi connectivity index (χ4v) is 3.63. The zero-order chi connectivity index (χ0) is 13.0. The summed E-state index contributed by atoms with van der Waals surface area (Å²) in [4.78, 5) is 3.86. The van der Waals surface area contributed by atoms with Gasteiger partial charge in [0.1, 0.15) is 0 Å². The Labute approximate surface area is 114 Å². The van der Waals surface area contributed by atoms with Crippen molar-refractivity contribution in [2.45, 2.75) is 43.9 Å². The summed E-state index contributed by atoms with van der Waals surface area (Å²) in [5.41, 5.74) is -0.477. The molecule has 1 saturated carbocycles. The van der Waals surface area contributed by atoms with Gasteiger partial charge in [0.15, 0.2) is 0 Å². The molecule has 1 aliphatic carbocycles. The minimum Gasteiger partial charge on any atom is -0.389 e. The summed E-state index contributed by atoms with van der Waals surface area (Å²) in [5.74, 6) is 0. The van der Waals surface area contributed by atoms with Crippen molar-refractivity contribution in [1.29, 1.82) is 0 Å². The number of likely N-dealkylation sites (N-methyl/N-ethyl adjacent to an activating group) is 1. The van der Waals surface area contributed by atoms with Gasteiger partial charge in [0, 0.05) is 24.0 Å². The Morgan fingerprint density at radius 2 is 2.22 bits per heavy atom. The molecule has 0 aliphatic heterocycles. The third-order valence-corrected chi connectivity index (χ3v) is 4.86. The lowest BCUT2D eigenvalue weighted by molar-refractivity contribution is -0.0154. The third-order valence-electron chi connectivity index (χ3n) is 4.00. The number of rotatable bonds is 5. The van der Waals surface area contributed by atoms with Crippen molar-refractivity contribution in [1.82, 2.24) is 10.2 Å². The number of hydrogen-bond acceptors (Lipinski definition) is 4. The molecule has 0 bridgehead atoms. The normalized spacial score (nSPS) is 28.8. The molecule has 1 aromatic rings. The standard InChI is InChI=1S/C14H24N2OS/c1-15-11-14(17)7-5-12(6-8-14)16(2)10-13-4-3-9-18-13/h3-4,9,12,15,17H,5-8,10-11H2,1-2H3. The first kappa shape index (κ1) is 14.0. The molecular formula is C14H24N2OS. The maximum atomic E-state index is 10.3. The van der Waals surface area contributed by atoms with E-state index >= 15 is 0 Å². The van der Waals surface area contributed by atoms with E-state index in [1.807, 2.05) is 18.4 Å². The zero-order valence-electron chi connectivity index (χ0n) is 11.4. The summed E-state index contributed by atoms with van der Waals surface area (Å²) in [5, 5.41) is 15.6. The SMILES string of the molecule is CNCC1(O)CCC(N(C)Cc2cccs2)CC1. The Bertz CT molecular complexity index is 345. The van der Waals surface area contributed by atoms with Crippen LogP contribution >= 0.6 is 11.3 Å². The molecule has 1 fully saturated rings. The lowest BCUT2D eigenvalue weighted by atomic mass is 9.81. The highest BCUT2D eigenvalue weighted by atomic mass is 32.1. The molecule has 2 N–H and O–H groups in total. The maximum absolute atomic E-state index is 10.3. The van der Waals surface area contributed by atoms with E-state index in [9.17, 15) is 5.11 Å². The topological polar surface area (TPSA) is 35.5 Å². The van der Waals surface area contributed by atoms with Crippen LogP contribution in [0.5, 0.6) is 0 Å². The fraction of sp³-hybridized carbons (Fsp3) is 0.714. The van der Waals surface area contributed by atoms with Gasteiger partial charge in [0.2, 0.25) is 0 Å². The molecule has 102 valence electrons. The van der Waals surface area contributed by atoms with E-state index in [0.29, 0.717) is 12.6 Å². The molecule has 0 amide bonds. The number of aliphatic hydroxyl groups is 1. The average molecular weight is 268 g/mol. The van der Waals surface area contributed by atoms with E-state index in [2.05, 4.69) is 34.8 Å². The second-order valence-electron chi connectivity index (χ2n) is 5.48. The molecule has 1 heterocycles. The molecule has 0 unspecified atom stereocenters. The van der Waals surface area contributed by atoms with E-state index in [0.717, 1.165) is 32.2 Å². The van der Waals surface area contributed by atoms with E-state index in [-0.39, 0.29) is 0 Å². The summed E-state index contributed by atoms with van der Waals surface area (Å²) >= 11 is 1.82. The van der Waals surface area contributed by atoms with E-state index in [1.54, 1.807) is 0 Å². The van der Waals surface area contributed by atoms with Gasteiger partial charge in [-0.25, -0.2) is 0 Å². The quantitative estimate of drug-likeness (QED) is 0.858. The zero-order valence-corrected chi connectivity index (χ0v) is 12.2. The highest BCUT2D eigenvalue weighted by molar-refractivity contribution is 7.09. The van der Waals surface area contributed by atoms with Crippen LogP contribution in [0.15, 0.2) is 17.5 Å². The van der Waals surface area contributed by atoms with E-state index < -0.39 is 5.60 Å². The van der Waals surface area contributed by atoms with Crippen molar-refractivity contribution < 1.29 is 5.11 Å². The minimum absolute atomic E-state index is 0.477. The van der Waals surface area contributed by atoms with Crippen molar-refractivity contribution in [3.05, 3.63) is 22.4 Å². The summed E-state index contributed by atoms with van der Waals surface area (Å²) in [6.07, 6.45) is 4.01. The molecule has 0 saturated heterocycles. The van der Waals surface area contributed by atoms with Gasteiger partial charge in [-0.1, -0.05) is 6.07 Å². The Balaban J connectivity index is 1.82. The Morgan fingerprint density at radius 1 is 1.50 bits per heavy atom. The van der Waals surface area contributed by atoms with Crippen LogP contribution in [0, 0.1) is 0 Å². The van der Waals surface area contributed by atoms with Gasteiger partial charge in [0.05, 0.1) is 5.60 Å². The van der Waals surface area contributed by atoms with Crippen molar-refractivity contribution >= 4 is 11.3 Å². The summed E-state index contributed by atoms with van der Waals surface area (Å²) < 4.78 is 0. The largest absolute Gasteiger partial charge is 0.389 e. The second kappa shape index (κ2) is 6.15. The first-order chi connectivity index (χ1) is 8.63. The van der Waals surface area contributed by atoms with Crippen LogP contribution in [0.25, 0.3) is 0 Å². The van der Waals surface area contributed by atoms with Gasteiger partial charge in [-0.2, -0.15) is 0 Å². The highest BCUT2D eigenvalue weighted by Gasteiger charge is 2.33. The molecule has 0 atom stereocenters. The van der Waals surface area contributed by atoms with Gasteiger partial charge in [-0.05, 0) is 51.2 Å². The lowest BCUT2D eigenvalue weighted by Crippen LogP contribution is -2.46. The van der Waals surface area contributed by atoms with Gasteiger partial charge in [0.25, 0.3) is 0 Å². The van der Waals surface area contributed by atoms with E-state index in [4.69, 9.17) is 0 Å². The Kier molecular flexibility index (Phi) is 4.78. The van der Waals surface area contributed by atoms with Gasteiger partial charge >= 0.3 is 0 Å². The minimum atomic E-state index is -0.477. The molecule has 18 heavy (non-hydrogen) atoms. The molecule has 2 rings (SSSR count). The molecule has 0 radical (unpaired) electrons. The van der Waals surface area contributed by atoms with Crippen LogP contribution in [-0.2, 0) is 6.54 Å². The van der Waals surface area contributed by atoms with Crippen LogP contribution < -0.4 is 5.32 Å². The predicted molar refractivity (Wildman–Crippen MR) is 76.9 cm³/mol. The van der Waals surface area contributed by atoms with Gasteiger partial charge in [-0.15, -0.1) is 11.3 Å². The fourth-order valence-electron chi connectivity index (χ4n) is 2.86. The summed E-state index contributed by atoms with van der Waals surface area (Å²) in [6.45, 7) is 1.75. The van der Waals surface area contributed by atoms with Crippen molar-refractivity contribution in [3.8, 4) is 0 Å². The number of hydrogen-bond donors (Lipinski definition) is 2. The monoisotopic (exact) mass is 268 g/mol. The van der Waals surface area contributed by atoms with Gasteiger partial charge in [-0.3, -0.25) is 4.90 Å².